The van der Waals surface area contributed by atoms with Gasteiger partial charge in [-0.25, -0.2) is 0 Å². The van der Waals surface area contributed by atoms with Gasteiger partial charge in [0.2, 0.25) is 0 Å². The molecular weight excluding hydrogens is 432 g/mol. The van der Waals surface area contributed by atoms with Crippen molar-refractivity contribution in [3.8, 4) is 44.5 Å². The molecule has 1 aliphatic carbocycles. The zero-order valence-electron chi connectivity index (χ0n) is 19.0. The number of rotatable bonds is 4. The van der Waals surface area contributed by atoms with Crippen LogP contribution in [-0.2, 0) is 17.2 Å². The van der Waals surface area contributed by atoms with Gasteiger partial charge in [-0.15, -0.1) is 0 Å². The summed E-state index contributed by atoms with van der Waals surface area (Å²) in [7, 11) is -1.00. The van der Waals surface area contributed by atoms with Crippen LogP contribution in [0.2, 0.25) is 0 Å². The Balaban J connectivity index is 1.73. The summed E-state index contributed by atoms with van der Waals surface area (Å²) < 4.78 is 12.1. The molecule has 6 rings (SSSR count). The van der Waals surface area contributed by atoms with Crippen molar-refractivity contribution < 1.29 is 4.21 Å². The third-order valence-corrected chi connectivity index (χ3v) is 7.67. The molecule has 0 aromatic heterocycles. The van der Waals surface area contributed by atoms with E-state index in [-0.39, 0.29) is 0 Å². The van der Waals surface area contributed by atoms with Gasteiger partial charge in [0.1, 0.15) is 0 Å². The highest BCUT2D eigenvalue weighted by Gasteiger charge is 2.27. The van der Waals surface area contributed by atoms with Crippen LogP contribution in [0.4, 0.5) is 0 Å². The lowest BCUT2D eigenvalue weighted by Crippen LogP contribution is -1.97. The fourth-order valence-electron chi connectivity index (χ4n) is 5.16. The second-order valence-electron chi connectivity index (χ2n) is 8.74. The van der Waals surface area contributed by atoms with Gasteiger partial charge in [-0.1, -0.05) is 97.1 Å². The lowest BCUT2D eigenvalue weighted by atomic mass is 9.82. The molecule has 1 aliphatic rings. The van der Waals surface area contributed by atoms with Crippen LogP contribution in [0.15, 0.2) is 120 Å². The molecule has 1 unspecified atom stereocenters. The molecule has 0 aliphatic heterocycles. The Bertz CT molecular complexity index is 1520. The molecule has 0 heterocycles. The van der Waals surface area contributed by atoms with Gasteiger partial charge in [-0.3, -0.25) is 4.21 Å². The second kappa shape index (κ2) is 8.55. The van der Waals surface area contributed by atoms with Gasteiger partial charge in [-0.2, -0.15) is 0 Å². The molecule has 2 heteroatoms. The van der Waals surface area contributed by atoms with Crippen molar-refractivity contribution in [1.82, 2.24) is 0 Å². The molecule has 1 atom stereocenters. The van der Waals surface area contributed by atoms with E-state index in [0.717, 1.165) is 16.9 Å². The number of fused-ring (bicyclic) bond motifs is 3. The summed E-state index contributed by atoms with van der Waals surface area (Å²) in [5.41, 5.74) is 12.7. The topological polar surface area (TPSA) is 17.1 Å². The van der Waals surface area contributed by atoms with Crippen molar-refractivity contribution in [3.63, 3.8) is 0 Å². The first-order valence-corrected chi connectivity index (χ1v) is 13.1. The first-order valence-electron chi connectivity index (χ1n) is 11.5. The van der Waals surface area contributed by atoms with E-state index in [4.69, 9.17) is 0 Å². The SMILES string of the molecule is CS(=O)c1ccc(-c2c3c(cc(-c4ccccc4)c2-c2ccccc2)-c2ccccc2C3)cc1. The number of benzene rings is 5. The summed E-state index contributed by atoms with van der Waals surface area (Å²) in [4.78, 5) is 0.851. The fraction of sp³-hybridized carbons (Fsp3) is 0.0625. The summed E-state index contributed by atoms with van der Waals surface area (Å²) in [5, 5.41) is 0. The minimum atomic E-state index is -1.00. The van der Waals surface area contributed by atoms with Gasteiger partial charge >= 0.3 is 0 Å². The Labute approximate surface area is 203 Å². The van der Waals surface area contributed by atoms with E-state index in [1.807, 2.05) is 12.1 Å². The van der Waals surface area contributed by atoms with Crippen molar-refractivity contribution in [1.29, 1.82) is 0 Å². The van der Waals surface area contributed by atoms with Crippen molar-refractivity contribution >= 4 is 10.8 Å². The van der Waals surface area contributed by atoms with Crippen LogP contribution in [0.5, 0.6) is 0 Å². The zero-order valence-corrected chi connectivity index (χ0v) is 19.8. The molecule has 0 amide bonds. The molecule has 0 spiro atoms. The minimum Gasteiger partial charge on any atom is -0.255 e. The summed E-state index contributed by atoms with van der Waals surface area (Å²) in [6, 6.07) is 40.8. The Morgan fingerprint density at radius 1 is 0.559 bits per heavy atom. The summed E-state index contributed by atoms with van der Waals surface area (Å²) in [6.07, 6.45) is 2.64. The van der Waals surface area contributed by atoms with E-state index >= 15 is 0 Å². The lowest BCUT2D eigenvalue weighted by molar-refractivity contribution is 0.687. The third-order valence-electron chi connectivity index (χ3n) is 6.73. The Hall–Kier alpha value is -3.75. The van der Waals surface area contributed by atoms with Gasteiger partial charge < -0.3 is 0 Å². The molecule has 5 aromatic carbocycles. The quantitative estimate of drug-likeness (QED) is 0.263. The predicted molar refractivity (Wildman–Crippen MR) is 143 cm³/mol. The minimum absolute atomic E-state index is 0.851. The number of hydrogen-bond acceptors (Lipinski definition) is 1. The Morgan fingerprint density at radius 2 is 1.15 bits per heavy atom. The first kappa shape index (κ1) is 20.8. The van der Waals surface area contributed by atoms with Gasteiger partial charge in [-0.05, 0) is 80.3 Å². The van der Waals surface area contributed by atoms with E-state index in [1.165, 1.54) is 50.1 Å². The van der Waals surface area contributed by atoms with Gasteiger partial charge in [0.25, 0.3) is 0 Å². The van der Waals surface area contributed by atoms with Crippen molar-refractivity contribution in [2.24, 2.45) is 0 Å². The zero-order chi connectivity index (χ0) is 23.1. The van der Waals surface area contributed by atoms with Crippen LogP contribution in [0, 0.1) is 0 Å². The van der Waals surface area contributed by atoms with Crippen LogP contribution < -0.4 is 0 Å². The molecular formula is C32H24OS. The van der Waals surface area contributed by atoms with E-state index in [9.17, 15) is 4.21 Å². The summed E-state index contributed by atoms with van der Waals surface area (Å²) in [5.74, 6) is 0. The smallest absolute Gasteiger partial charge is 0.0498 e. The van der Waals surface area contributed by atoms with Crippen LogP contribution in [0.1, 0.15) is 11.1 Å². The predicted octanol–water partition coefficient (Wildman–Crippen LogP) is 8.00. The maximum absolute atomic E-state index is 12.1. The van der Waals surface area contributed by atoms with Crippen molar-refractivity contribution in [2.45, 2.75) is 11.3 Å². The molecule has 0 N–H and O–H groups in total. The van der Waals surface area contributed by atoms with E-state index in [2.05, 4.69) is 103 Å². The molecule has 0 saturated carbocycles. The van der Waals surface area contributed by atoms with Crippen LogP contribution in [-0.4, -0.2) is 10.5 Å². The Kier molecular flexibility index (Phi) is 5.24. The second-order valence-corrected chi connectivity index (χ2v) is 10.1. The maximum Gasteiger partial charge on any atom is 0.0498 e. The van der Waals surface area contributed by atoms with Crippen LogP contribution in [0.25, 0.3) is 44.5 Å². The monoisotopic (exact) mass is 456 g/mol. The first-order chi connectivity index (χ1) is 16.7. The highest BCUT2D eigenvalue weighted by molar-refractivity contribution is 7.84. The molecule has 5 aromatic rings. The fourth-order valence-corrected chi connectivity index (χ4v) is 5.68. The van der Waals surface area contributed by atoms with E-state index in [0.29, 0.717) is 0 Å². The molecule has 0 radical (unpaired) electrons. The molecule has 0 fully saturated rings. The van der Waals surface area contributed by atoms with Gasteiger partial charge in [0, 0.05) is 22.0 Å². The maximum atomic E-state index is 12.1. The molecule has 34 heavy (non-hydrogen) atoms. The summed E-state index contributed by atoms with van der Waals surface area (Å²) in [6.45, 7) is 0. The lowest BCUT2D eigenvalue weighted by Gasteiger charge is -2.21. The standard InChI is InChI=1S/C32H24OS/c1-34(33)26-18-16-24(17-19-26)32-30-20-25-14-8-9-15-27(25)29(30)21-28(22-10-4-2-5-11-22)31(32)23-12-6-3-7-13-23/h2-19,21H,20H2,1H3. The largest absolute Gasteiger partial charge is 0.255 e. The molecule has 0 saturated heterocycles. The third kappa shape index (κ3) is 3.52. The van der Waals surface area contributed by atoms with Gasteiger partial charge in [0.05, 0.1) is 0 Å². The highest BCUT2D eigenvalue weighted by Crippen LogP contribution is 2.50. The van der Waals surface area contributed by atoms with Gasteiger partial charge in [0.15, 0.2) is 0 Å². The number of hydrogen-bond donors (Lipinski definition) is 0. The van der Waals surface area contributed by atoms with E-state index < -0.39 is 10.8 Å². The van der Waals surface area contributed by atoms with Crippen molar-refractivity contribution in [3.05, 3.63) is 126 Å². The average Bonchev–Trinajstić information content (AvgIpc) is 3.27. The highest BCUT2D eigenvalue weighted by atomic mass is 32.2. The Morgan fingerprint density at radius 3 is 1.82 bits per heavy atom. The van der Waals surface area contributed by atoms with Crippen LogP contribution >= 0.6 is 0 Å². The average molecular weight is 457 g/mol. The van der Waals surface area contributed by atoms with Crippen molar-refractivity contribution in [2.75, 3.05) is 6.26 Å². The molecule has 1 nitrogen and oxygen atoms in total. The van der Waals surface area contributed by atoms with Crippen LogP contribution in [0.3, 0.4) is 0 Å². The molecule has 0 bridgehead atoms. The van der Waals surface area contributed by atoms with E-state index in [1.54, 1.807) is 6.26 Å². The summed E-state index contributed by atoms with van der Waals surface area (Å²) >= 11 is 0. The normalized spacial score (nSPS) is 12.7. The molecule has 164 valence electrons.